The van der Waals surface area contributed by atoms with Gasteiger partial charge in [0.2, 0.25) is 11.9 Å². The number of anilines is 1. The van der Waals surface area contributed by atoms with Crippen LogP contribution in [0.25, 0.3) is 27.9 Å². The van der Waals surface area contributed by atoms with Crippen LogP contribution < -0.4 is 4.90 Å². The highest BCUT2D eigenvalue weighted by molar-refractivity contribution is 6.31. The fraction of sp³-hybridized carbons (Fsp3) is 0.333. The maximum absolute atomic E-state index is 12.4. The van der Waals surface area contributed by atoms with E-state index in [0.717, 1.165) is 33.9 Å². The van der Waals surface area contributed by atoms with Crippen molar-refractivity contribution in [3.8, 4) is 11.4 Å². The van der Waals surface area contributed by atoms with E-state index in [9.17, 15) is 4.79 Å². The van der Waals surface area contributed by atoms with Crippen molar-refractivity contribution in [1.82, 2.24) is 24.5 Å². The van der Waals surface area contributed by atoms with Gasteiger partial charge in [-0.3, -0.25) is 4.79 Å². The molecule has 8 nitrogen and oxygen atoms in total. The van der Waals surface area contributed by atoms with Crippen molar-refractivity contribution in [2.75, 3.05) is 38.3 Å². The molecule has 5 rings (SSSR count). The van der Waals surface area contributed by atoms with E-state index in [1.807, 2.05) is 46.6 Å². The van der Waals surface area contributed by atoms with Crippen LogP contribution in [0.1, 0.15) is 12.5 Å². The normalized spacial score (nSPS) is 16.7. The Morgan fingerprint density at radius 1 is 1.15 bits per heavy atom. The first kappa shape index (κ1) is 21.6. The summed E-state index contributed by atoms with van der Waals surface area (Å²) in [4.78, 5) is 21.5. The zero-order valence-electron chi connectivity index (χ0n) is 18.8. The molecule has 1 fully saturated rings. The quantitative estimate of drug-likeness (QED) is 0.459. The van der Waals surface area contributed by atoms with Crippen LogP contribution in [-0.2, 0) is 9.53 Å². The minimum atomic E-state index is -0.00214. The van der Waals surface area contributed by atoms with Crippen LogP contribution in [0.5, 0.6) is 0 Å². The Kier molecular flexibility index (Phi) is 5.64. The van der Waals surface area contributed by atoms with E-state index in [4.69, 9.17) is 21.3 Å². The number of fused-ring (bicyclic) bond motifs is 3. The molecule has 4 aromatic rings. The molecule has 0 bridgehead atoms. The number of methoxy groups -OCH3 is 1. The van der Waals surface area contributed by atoms with Crippen LogP contribution in [0.15, 0.2) is 42.5 Å². The highest BCUT2D eigenvalue weighted by Gasteiger charge is 2.30. The third-order valence-corrected chi connectivity index (χ3v) is 6.33. The number of halogens is 1. The number of aryl methyl sites for hydroxylation is 1. The topological polar surface area (TPSA) is 75.9 Å². The number of benzene rings is 2. The smallest absolute Gasteiger partial charge is 0.248 e. The van der Waals surface area contributed by atoms with Crippen molar-refractivity contribution in [2.45, 2.75) is 19.9 Å². The van der Waals surface area contributed by atoms with Gasteiger partial charge in [0.25, 0.3) is 0 Å². The lowest BCUT2D eigenvalue weighted by atomic mass is 10.1. The minimum absolute atomic E-state index is 0.00214. The molecule has 170 valence electrons. The lowest BCUT2D eigenvalue weighted by molar-refractivity contribution is -0.137. The van der Waals surface area contributed by atoms with Gasteiger partial charge in [-0.15, -0.1) is 10.2 Å². The van der Waals surface area contributed by atoms with Gasteiger partial charge in [-0.1, -0.05) is 41.4 Å². The Morgan fingerprint density at radius 2 is 1.94 bits per heavy atom. The Bertz CT molecular complexity index is 1340. The van der Waals surface area contributed by atoms with Crippen LogP contribution in [0.3, 0.4) is 0 Å². The molecule has 3 heterocycles. The van der Waals surface area contributed by atoms with Crippen molar-refractivity contribution < 1.29 is 9.53 Å². The van der Waals surface area contributed by atoms with E-state index in [-0.39, 0.29) is 18.6 Å². The molecule has 0 saturated carbocycles. The minimum Gasteiger partial charge on any atom is -0.375 e. The lowest BCUT2D eigenvalue weighted by Gasteiger charge is -2.40. The summed E-state index contributed by atoms with van der Waals surface area (Å²) in [6.45, 7) is 6.05. The average molecular weight is 465 g/mol. The molecule has 0 N–H and O–H groups in total. The molecule has 0 radical (unpaired) electrons. The zero-order chi connectivity index (χ0) is 23.1. The standard InChI is InChI=1S/C24H25ClN6O2/c1-15-4-6-17(7-5-15)22-27-28-23-19-9-8-18(25)12-20(19)26-24(31(22)23)29-10-11-30(16(2)13-29)21(32)14-33-3/h4-9,12,16H,10-11,13-14H2,1-3H3/t16-/m1/s1. The molecular formula is C24H25ClN6O2. The van der Waals surface area contributed by atoms with Crippen LogP contribution in [0.2, 0.25) is 5.02 Å². The SMILES string of the molecule is COCC(=O)N1CCN(c2nc3cc(Cl)ccc3c3nnc(-c4ccc(C)cc4)n23)C[C@H]1C. The molecule has 1 amide bonds. The Morgan fingerprint density at radius 3 is 2.67 bits per heavy atom. The van der Waals surface area contributed by atoms with Gasteiger partial charge >= 0.3 is 0 Å². The van der Waals surface area contributed by atoms with Gasteiger partial charge < -0.3 is 14.5 Å². The van der Waals surface area contributed by atoms with E-state index in [0.29, 0.717) is 24.7 Å². The molecular weight excluding hydrogens is 440 g/mol. The third-order valence-electron chi connectivity index (χ3n) is 6.09. The number of aromatic nitrogens is 4. The molecule has 1 aliphatic heterocycles. The summed E-state index contributed by atoms with van der Waals surface area (Å²) < 4.78 is 7.06. The molecule has 2 aromatic heterocycles. The second kappa shape index (κ2) is 8.61. The molecule has 2 aromatic carbocycles. The fourth-order valence-electron chi connectivity index (χ4n) is 4.41. The lowest BCUT2D eigenvalue weighted by Crippen LogP contribution is -2.55. The van der Waals surface area contributed by atoms with Crippen molar-refractivity contribution in [1.29, 1.82) is 0 Å². The zero-order valence-corrected chi connectivity index (χ0v) is 19.6. The van der Waals surface area contributed by atoms with E-state index in [1.54, 1.807) is 7.11 Å². The van der Waals surface area contributed by atoms with Crippen molar-refractivity contribution in [2.24, 2.45) is 0 Å². The van der Waals surface area contributed by atoms with Gasteiger partial charge in [-0.25, -0.2) is 9.38 Å². The van der Waals surface area contributed by atoms with E-state index < -0.39 is 0 Å². The largest absolute Gasteiger partial charge is 0.375 e. The number of nitrogens with zero attached hydrogens (tertiary/aromatic N) is 6. The van der Waals surface area contributed by atoms with Crippen LogP contribution >= 0.6 is 11.6 Å². The molecule has 1 saturated heterocycles. The van der Waals surface area contributed by atoms with Crippen molar-refractivity contribution in [3.05, 3.63) is 53.1 Å². The maximum Gasteiger partial charge on any atom is 0.248 e. The van der Waals surface area contributed by atoms with Gasteiger partial charge in [0.15, 0.2) is 11.5 Å². The summed E-state index contributed by atoms with van der Waals surface area (Å²) in [6, 6.07) is 13.8. The van der Waals surface area contributed by atoms with Crippen LogP contribution in [0, 0.1) is 6.92 Å². The molecule has 9 heteroatoms. The highest BCUT2D eigenvalue weighted by Crippen LogP contribution is 2.30. The highest BCUT2D eigenvalue weighted by atomic mass is 35.5. The molecule has 0 spiro atoms. The number of amides is 1. The summed E-state index contributed by atoms with van der Waals surface area (Å²) in [5.74, 6) is 1.47. The summed E-state index contributed by atoms with van der Waals surface area (Å²) in [6.07, 6.45) is 0. The van der Waals surface area contributed by atoms with E-state index >= 15 is 0 Å². The monoisotopic (exact) mass is 464 g/mol. The number of ether oxygens (including phenoxy) is 1. The number of hydrogen-bond donors (Lipinski definition) is 0. The van der Waals surface area contributed by atoms with Gasteiger partial charge in [0.05, 0.1) is 5.52 Å². The second-order valence-electron chi connectivity index (χ2n) is 8.44. The first-order valence-electron chi connectivity index (χ1n) is 10.9. The van der Waals surface area contributed by atoms with Crippen LogP contribution in [-0.4, -0.2) is 69.8 Å². The summed E-state index contributed by atoms with van der Waals surface area (Å²) >= 11 is 6.28. The summed E-state index contributed by atoms with van der Waals surface area (Å²) in [5, 5.41) is 10.6. The predicted octanol–water partition coefficient (Wildman–Crippen LogP) is 3.59. The fourth-order valence-corrected chi connectivity index (χ4v) is 4.58. The molecule has 1 atom stereocenters. The van der Waals surface area contributed by atoms with Crippen molar-refractivity contribution in [3.63, 3.8) is 0 Å². The molecule has 1 aliphatic rings. The first-order valence-corrected chi connectivity index (χ1v) is 11.3. The number of carbonyl (C=O) groups excluding carboxylic acids is 1. The van der Waals surface area contributed by atoms with E-state index in [2.05, 4.69) is 34.2 Å². The molecule has 0 aliphatic carbocycles. The van der Waals surface area contributed by atoms with Gasteiger partial charge in [-0.2, -0.15) is 0 Å². The number of piperazine rings is 1. The molecule has 33 heavy (non-hydrogen) atoms. The number of carbonyl (C=O) groups is 1. The van der Waals surface area contributed by atoms with Crippen molar-refractivity contribution >= 4 is 40.0 Å². The average Bonchev–Trinajstić information content (AvgIpc) is 3.24. The summed E-state index contributed by atoms with van der Waals surface area (Å²) in [7, 11) is 1.54. The summed E-state index contributed by atoms with van der Waals surface area (Å²) in [5.41, 5.74) is 3.63. The number of hydrogen-bond acceptors (Lipinski definition) is 6. The Balaban J connectivity index is 1.64. The maximum atomic E-state index is 12.4. The number of rotatable bonds is 4. The van der Waals surface area contributed by atoms with Gasteiger partial charge in [-0.05, 0) is 32.0 Å². The Hall–Kier alpha value is -3.23. The van der Waals surface area contributed by atoms with E-state index in [1.165, 1.54) is 5.56 Å². The Labute approximate surface area is 196 Å². The van der Waals surface area contributed by atoms with Gasteiger partial charge in [0, 0.05) is 48.8 Å². The van der Waals surface area contributed by atoms with Crippen LogP contribution in [0.4, 0.5) is 5.95 Å². The molecule has 0 unspecified atom stereocenters. The third kappa shape index (κ3) is 3.89. The second-order valence-corrected chi connectivity index (χ2v) is 8.87. The first-order chi connectivity index (χ1) is 16.0. The predicted molar refractivity (Wildman–Crippen MR) is 129 cm³/mol. The van der Waals surface area contributed by atoms with Gasteiger partial charge in [0.1, 0.15) is 6.61 Å².